The largest absolute Gasteiger partial charge is 0.420 e. The Labute approximate surface area is 112 Å². The smallest absolute Gasteiger partial charge is 0.318 e. The van der Waals surface area contributed by atoms with Gasteiger partial charge < -0.3 is 5.32 Å². The van der Waals surface area contributed by atoms with Gasteiger partial charge in [-0.3, -0.25) is 14.6 Å². The van der Waals surface area contributed by atoms with Gasteiger partial charge in [-0.2, -0.15) is 23.4 Å². The molecule has 0 aliphatic carbocycles. The molecule has 2 aromatic heterocycles. The van der Waals surface area contributed by atoms with Crippen molar-refractivity contribution in [3.05, 3.63) is 29.3 Å². The summed E-state index contributed by atoms with van der Waals surface area (Å²) in [6.07, 6.45) is -1.98. The number of halogens is 3. The SMILES string of the molecule is CCc1nn(C)cc1NC(=O)c1[nH]ncc1C(F)(F)F. The van der Waals surface area contributed by atoms with Crippen LogP contribution in [0.15, 0.2) is 12.4 Å². The van der Waals surface area contributed by atoms with Gasteiger partial charge in [0.05, 0.1) is 17.6 Å². The van der Waals surface area contributed by atoms with E-state index in [1.807, 2.05) is 6.92 Å². The second kappa shape index (κ2) is 4.99. The van der Waals surface area contributed by atoms with Crippen molar-refractivity contribution in [2.75, 3.05) is 5.32 Å². The van der Waals surface area contributed by atoms with Crippen LogP contribution < -0.4 is 5.32 Å². The molecule has 20 heavy (non-hydrogen) atoms. The Morgan fingerprint density at radius 1 is 1.50 bits per heavy atom. The van der Waals surface area contributed by atoms with Gasteiger partial charge >= 0.3 is 6.18 Å². The fourth-order valence-corrected chi connectivity index (χ4v) is 1.76. The first kappa shape index (κ1) is 14.1. The van der Waals surface area contributed by atoms with Crippen molar-refractivity contribution in [3.63, 3.8) is 0 Å². The molecule has 0 aliphatic heterocycles. The van der Waals surface area contributed by atoms with Crippen LogP contribution in [-0.4, -0.2) is 25.9 Å². The number of aryl methyl sites for hydroxylation is 2. The maximum atomic E-state index is 12.7. The molecule has 0 spiro atoms. The highest BCUT2D eigenvalue weighted by Crippen LogP contribution is 2.31. The minimum atomic E-state index is -4.64. The number of hydrogen-bond donors (Lipinski definition) is 2. The molecule has 0 bridgehead atoms. The molecule has 6 nitrogen and oxygen atoms in total. The molecule has 0 radical (unpaired) electrons. The monoisotopic (exact) mass is 287 g/mol. The molecule has 0 aromatic carbocycles. The normalized spacial score (nSPS) is 11.7. The molecule has 0 saturated heterocycles. The second-order valence-electron chi connectivity index (χ2n) is 4.13. The molecule has 0 saturated carbocycles. The first-order chi connectivity index (χ1) is 9.32. The van der Waals surface area contributed by atoms with Gasteiger partial charge in [0.25, 0.3) is 5.91 Å². The van der Waals surface area contributed by atoms with E-state index in [1.54, 1.807) is 7.05 Å². The Kier molecular flexibility index (Phi) is 3.51. The lowest BCUT2D eigenvalue weighted by Gasteiger charge is -2.07. The van der Waals surface area contributed by atoms with E-state index >= 15 is 0 Å². The molecule has 2 heterocycles. The predicted octanol–water partition coefficient (Wildman–Crippen LogP) is 1.98. The molecule has 0 atom stereocenters. The summed E-state index contributed by atoms with van der Waals surface area (Å²) in [5, 5.41) is 11.8. The van der Waals surface area contributed by atoms with Crippen molar-refractivity contribution in [2.24, 2.45) is 7.05 Å². The van der Waals surface area contributed by atoms with E-state index in [0.717, 1.165) is 0 Å². The van der Waals surface area contributed by atoms with Crippen molar-refractivity contribution >= 4 is 11.6 Å². The van der Waals surface area contributed by atoms with E-state index in [2.05, 4.69) is 20.6 Å². The maximum absolute atomic E-state index is 12.7. The van der Waals surface area contributed by atoms with E-state index in [-0.39, 0.29) is 0 Å². The van der Waals surface area contributed by atoms with E-state index in [9.17, 15) is 18.0 Å². The second-order valence-corrected chi connectivity index (χ2v) is 4.13. The van der Waals surface area contributed by atoms with Crippen molar-refractivity contribution < 1.29 is 18.0 Å². The third kappa shape index (κ3) is 2.65. The zero-order valence-electron chi connectivity index (χ0n) is 10.7. The van der Waals surface area contributed by atoms with Crippen LogP contribution >= 0.6 is 0 Å². The predicted molar refractivity (Wildman–Crippen MR) is 64.1 cm³/mol. The molecule has 0 fully saturated rings. The van der Waals surface area contributed by atoms with Crippen LogP contribution in [0.2, 0.25) is 0 Å². The molecular weight excluding hydrogens is 275 g/mol. The summed E-state index contributed by atoms with van der Waals surface area (Å²) < 4.78 is 39.5. The number of carbonyl (C=O) groups is 1. The maximum Gasteiger partial charge on any atom is 0.420 e. The van der Waals surface area contributed by atoms with Gasteiger partial charge in [0, 0.05) is 13.2 Å². The van der Waals surface area contributed by atoms with Crippen LogP contribution in [0.1, 0.15) is 28.7 Å². The average Bonchev–Trinajstić information content (AvgIpc) is 2.94. The molecule has 2 N–H and O–H groups in total. The highest BCUT2D eigenvalue weighted by Gasteiger charge is 2.37. The third-order valence-electron chi connectivity index (χ3n) is 2.66. The summed E-state index contributed by atoms with van der Waals surface area (Å²) in [4.78, 5) is 11.9. The number of carbonyl (C=O) groups excluding carboxylic acids is 1. The van der Waals surface area contributed by atoms with Crippen molar-refractivity contribution in [1.82, 2.24) is 20.0 Å². The van der Waals surface area contributed by atoms with Gasteiger partial charge in [0.2, 0.25) is 0 Å². The summed E-state index contributed by atoms with van der Waals surface area (Å²) in [6.45, 7) is 1.83. The van der Waals surface area contributed by atoms with Gasteiger partial charge in [-0.05, 0) is 6.42 Å². The highest BCUT2D eigenvalue weighted by molar-refractivity contribution is 6.04. The molecule has 1 amide bonds. The highest BCUT2D eigenvalue weighted by atomic mass is 19.4. The first-order valence-corrected chi connectivity index (χ1v) is 5.77. The Hall–Kier alpha value is -2.32. The molecule has 108 valence electrons. The average molecular weight is 287 g/mol. The van der Waals surface area contributed by atoms with Crippen molar-refractivity contribution in [2.45, 2.75) is 19.5 Å². The van der Waals surface area contributed by atoms with Gasteiger partial charge in [-0.1, -0.05) is 6.92 Å². The number of nitrogens with zero attached hydrogens (tertiary/aromatic N) is 3. The third-order valence-corrected chi connectivity index (χ3v) is 2.66. The first-order valence-electron chi connectivity index (χ1n) is 5.77. The topological polar surface area (TPSA) is 75.6 Å². The quantitative estimate of drug-likeness (QED) is 0.906. The van der Waals surface area contributed by atoms with Gasteiger partial charge in [-0.25, -0.2) is 0 Å². The Bertz CT molecular complexity index is 628. The summed E-state index contributed by atoms with van der Waals surface area (Å²) in [7, 11) is 1.66. The summed E-state index contributed by atoms with van der Waals surface area (Å²) >= 11 is 0. The molecular formula is C11H12F3N5O. The number of aromatic amines is 1. The van der Waals surface area contributed by atoms with Crippen LogP contribution in [0.3, 0.4) is 0 Å². The van der Waals surface area contributed by atoms with Crippen molar-refractivity contribution in [3.8, 4) is 0 Å². The molecule has 0 aliphatic rings. The minimum Gasteiger partial charge on any atom is -0.318 e. The fourth-order valence-electron chi connectivity index (χ4n) is 1.76. The Morgan fingerprint density at radius 3 is 2.80 bits per heavy atom. The zero-order valence-corrected chi connectivity index (χ0v) is 10.7. The number of anilines is 1. The number of nitrogens with one attached hydrogen (secondary N) is 2. The van der Waals surface area contributed by atoms with Gasteiger partial charge in [-0.15, -0.1) is 0 Å². The minimum absolute atomic E-state index is 0.378. The summed E-state index contributed by atoms with van der Waals surface area (Å²) in [5.41, 5.74) is -0.753. The summed E-state index contributed by atoms with van der Waals surface area (Å²) in [5.74, 6) is -0.905. The van der Waals surface area contributed by atoms with E-state index < -0.39 is 23.3 Å². The number of amides is 1. The fraction of sp³-hybridized carbons (Fsp3) is 0.364. The van der Waals surface area contributed by atoms with Gasteiger partial charge in [0.1, 0.15) is 11.3 Å². The van der Waals surface area contributed by atoms with Gasteiger partial charge in [0.15, 0.2) is 0 Å². The van der Waals surface area contributed by atoms with Crippen LogP contribution in [0.4, 0.5) is 18.9 Å². The number of alkyl halides is 3. The molecule has 2 aromatic rings. The lowest BCUT2D eigenvalue weighted by molar-refractivity contribution is -0.137. The molecule has 0 unspecified atom stereocenters. The van der Waals surface area contributed by atoms with Crippen LogP contribution in [0, 0.1) is 0 Å². The number of aromatic nitrogens is 4. The Morgan fingerprint density at radius 2 is 2.20 bits per heavy atom. The standard InChI is InChI=1S/C11H12F3N5O/c1-3-7-8(5-19(2)18-7)16-10(20)9-6(4-15-17-9)11(12,13)14/h4-5H,3H2,1-2H3,(H,15,17)(H,16,20). The Balaban J connectivity index is 2.27. The van der Waals surface area contributed by atoms with E-state index in [4.69, 9.17) is 0 Å². The number of H-pyrrole nitrogens is 1. The van der Waals surface area contributed by atoms with Crippen LogP contribution in [-0.2, 0) is 19.6 Å². The van der Waals surface area contributed by atoms with Crippen LogP contribution in [0.25, 0.3) is 0 Å². The molecule has 9 heteroatoms. The van der Waals surface area contributed by atoms with Crippen molar-refractivity contribution in [1.29, 1.82) is 0 Å². The van der Waals surface area contributed by atoms with Crippen LogP contribution in [0.5, 0.6) is 0 Å². The van der Waals surface area contributed by atoms with E-state index in [0.29, 0.717) is 24.0 Å². The lowest BCUT2D eigenvalue weighted by Crippen LogP contribution is -2.18. The summed E-state index contributed by atoms with van der Waals surface area (Å²) in [6, 6.07) is 0. The number of hydrogen-bond acceptors (Lipinski definition) is 3. The zero-order chi connectivity index (χ0) is 14.9. The van der Waals surface area contributed by atoms with E-state index in [1.165, 1.54) is 10.9 Å². The number of rotatable bonds is 3. The molecule has 2 rings (SSSR count). The lowest BCUT2D eigenvalue weighted by atomic mass is 10.2.